The predicted molar refractivity (Wildman–Crippen MR) is 70.4 cm³/mol. The Morgan fingerprint density at radius 1 is 1.16 bits per heavy atom. The van der Waals surface area contributed by atoms with E-state index in [4.69, 9.17) is 0 Å². The fourth-order valence-corrected chi connectivity index (χ4v) is 1.81. The molecule has 1 N–H and O–H groups in total. The van der Waals surface area contributed by atoms with Gasteiger partial charge in [0, 0.05) is 11.7 Å². The normalized spacial score (nSPS) is 13.1. The van der Waals surface area contributed by atoms with Crippen molar-refractivity contribution in [2.75, 3.05) is 5.32 Å². The molecule has 0 aromatic heterocycles. The number of hydrogen-bond donors (Lipinski definition) is 1. The first-order chi connectivity index (χ1) is 8.90. The molecule has 0 spiro atoms. The molecule has 0 fully saturated rings. The second kappa shape index (κ2) is 7.26. The van der Waals surface area contributed by atoms with Crippen LogP contribution in [-0.2, 0) is 0 Å². The number of ether oxygens (including phenoxy) is 1. The lowest BCUT2D eigenvalue weighted by molar-refractivity contribution is -0.274. The molecule has 5 heteroatoms. The summed E-state index contributed by atoms with van der Waals surface area (Å²) >= 11 is 0. The largest absolute Gasteiger partial charge is 0.573 e. The summed E-state index contributed by atoms with van der Waals surface area (Å²) in [7, 11) is 0. The van der Waals surface area contributed by atoms with Crippen LogP contribution in [0.15, 0.2) is 24.3 Å². The fraction of sp³-hybridized carbons (Fsp3) is 0.571. The minimum Gasteiger partial charge on any atom is -0.406 e. The Balaban J connectivity index is 2.43. The van der Waals surface area contributed by atoms with Gasteiger partial charge in [-0.15, -0.1) is 13.2 Å². The number of unbranched alkanes of at least 4 members (excludes halogenated alkanes) is 2. The summed E-state index contributed by atoms with van der Waals surface area (Å²) in [6.45, 7) is 4.22. The zero-order valence-electron chi connectivity index (χ0n) is 11.3. The molecule has 108 valence electrons. The molecule has 0 heterocycles. The Kier molecular flexibility index (Phi) is 5.99. The molecular weight excluding hydrogens is 255 g/mol. The van der Waals surface area contributed by atoms with E-state index in [0.29, 0.717) is 6.04 Å². The average molecular weight is 275 g/mol. The number of anilines is 1. The van der Waals surface area contributed by atoms with Crippen LogP contribution in [-0.4, -0.2) is 12.4 Å². The topological polar surface area (TPSA) is 21.3 Å². The Bertz CT molecular complexity index is 362. The van der Waals surface area contributed by atoms with Crippen LogP contribution in [0.25, 0.3) is 0 Å². The average Bonchev–Trinajstić information content (AvgIpc) is 2.30. The highest BCUT2D eigenvalue weighted by atomic mass is 19.4. The monoisotopic (exact) mass is 275 g/mol. The zero-order chi connectivity index (χ0) is 14.3. The van der Waals surface area contributed by atoms with Crippen molar-refractivity contribution in [3.05, 3.63) is 24.3 Å². The SMILES string of the molecule is CCCCCC(C)Nc1ccc(OC(F)(F)F)cc1. The van der Waals surface area contributed by atoms with E-state index in [1.54, 1.807) is 12.1 Å². The van der Waals surface area contributed by atoms with Gasteiger partial charge in [-0.05, 0) is 37.6 Å². The van der Waals surface area contributed by atoms with Crippen molar-refractivity contribution in [2.24, 2.45) is 0 Å². The van der Waals surface area contributed by atoms with Crippen molar-refractivity contribution in [1.29, 1.82) is 0 Å². The van der Waals surface area contributed by atoms with E-state index in [1.165, 1.54) is 25.0 Å². The first-order valence-electron chi connectivity index (χ1n) is 6.53. The molecule has 1 atom stereocenters. The summed E-state index contributed by atoms with van der Waals surface area (Å²) in [5.74, 6) is -0.198. The number of hydrogen-bond acceptors (Lipinski definition) is 2. The second-order valence-electron chi connectivity index (χ2n) is 4.61. The van der Waals surface area contributed by atoms with Crippen molar-refractivity contribution < 1.29 is 17.9 Å². The third-order valence-corrected chi connectivity index (χ3v) is 2.74. The zero-order valence-corrected chi connectivity index (χ0v) is 11.3. The molecule has 1 rings (SSSR count). The first kappa shape index (κ1) is 15.7. The maximum atomic E-state index is 12.0. The summed E-state index contributed by atoms with van der Waals surface area (Å²) in [5.41, 5.74) is 0.804. The molecule has 0 aliphatic heterocycles. The molecular formula is C14H20F3NO. The minimum atomic E-state index is -4.64. The third-order valence-electron chi connectivity index (χ3n) is 2.74. The van der Waals surface area contributed by atoms with Gasteiger partial charge in [0.05, 0.1) is 0 Å². The summed E-state index contributed by atoms with van der Waals surface area (Å²) in [6, 6.07) is 6.12. The van der Waals surface area contributed by atoms with Crippen molar-refractivity contribution in [2.45, 2.75) is 51.9 Å². The van der Waals surface area contributed by atoms with E-state index in [0.717, 1.165) is 18.5 Å². The van der Waals surface area contributed by atoms with E-state index in [9.17, 15) is 13.2 Å². The lowest BCUT2D eigenvalue weighted by Crippen LogP contribution is -2.17. The lowest BCUT2D eigenvalue weighted by Gasteiger charge is -2.15. The smallest absolute Gasteiger partial charge is 0.406 e. The van der Waals surface area contributed by atoms with Gasteiger partial charge < -0.3 is 10.1 Å². The van der Waals surface area contributed by atoms with Gasteiger partial charge in [0.2, 0.25) is 0 Å². The lowest BCUT2D eigenvalue weighted by atomic mass is 10.1. The standard InChI is InChI=1S/C14H20F3NO/c1-3-4-5-6-11(2)18-12-7-9-13(10-8-12)19-14(15,16)17/h7-11,18H,3-6H2,1-2H3. The van der Waals surface area contributed by atoms with Crippen LogP contribution in [0.2, 0.25) is 0 Å². The summed E-state index contributed by atoms with van der Waals surface area (Å²) in [5, 5.41) is 3.25. The Morgan fingerprint density at radius 3 is 2.32 bits per heavy atom. The molecule has 2 nitrogen and oxygen atoms in total. The van der Waals surface area contributed by atoms with Crippen LogP contribution in [0.1, 0.15) is 39.5 Å². The van der Waals surface area contributed by atoms with Gasteiger partial charge in [-0.25, -0.2) is 0 Å². The summed E-state index contributed by atoms with van der Waals surface area (Å²) in [4.78, 5) is 0. The maximum Gasteiger partial charge on any atom is 0.573 e. The number of alkyl halides is 3. The van der Waals surface area contributed by atoms with Crippen molar-refractivity contribution >= 4 is 5.69 Å². The maximum absolute atomic E-state index is 12.0. The number of benzene rings is 1. The first-order valence-corrected chi connectivity index (χ1v) is 6.53. The molecule has 0 saturated carbocycles. The molecule has 1 aromatic rings. The van der Waals surface area contributed by atoms with Crippen molar-refractivity contribution in [1.82, 2.24) is 0 Å². The Labute approximate surface area is 112 Å². The van der Waals surface area contributed by atoms with Gasteiger partial charge >= 0.3 is 6.36 Å². The Morgan fingerprint density at radius 2 is 1.79 bits per heavy atom. The molecule has 0 aliphatic rings. The number of rotatable bonds is 7. The fourth-order valence-electron chi connectivity index (χ4n) is 1.81. The number of nitrogens with one attached hydrogen (secondary N) is 1. The highest BCUT2D eigenvalue weighted by Gasteiger charge is 2.30. The molecule has 19 heavy (non-hydrogen) atoms. The quantitative estimate of drug-likeness (QED) is 0.710. The summed E-state index contributed by atoms with van der Waals surface area (Å²) < 4.78 is 39.8. The second-order valence-corrected chi connectivity index (χ2v) is 4.61. The van der Waals surface area contributed by atoms with E-state index in [-0.39, 0.29) is 5.75 Å². The van der Waals surface area contributed by atoms with Crippen LogP contribution < -0.4 is 10.1 Å². The van der Waals surface area contributed by atoms with Crippen LogP contribution >= 0.6 is 0 Å². The highest BCUT2D eigenvalue weighted by molar-refractivity contribution is 5.46. The number of halogens is 3. The van der Waals surface area contributed by atoms with Crippen LogP contribution in [0.3, 0.4) is 0 Å². The predicted octanol–water partition coefficient (Wildman–Crippen LogP) is 4.97. The minimum absolute atomic E-state index is 0.198. The Hall–Kier alpha value is -1.39. The van der Waals surface area contributed by atoms with Crippen molar-refractivity contribution in [3.8, 4) is 5.75 Å². The van der Waals surface area contributed by atoms with E-state index in [1.807, 2.05) is 0 Å². The van der Waals surface area contributed by atoms with E-state index < -0.39 is 6.36 Å². The summed E-state index contributed by atoms with van der Waals surface area (Å²) in [6.07, 6.45) is -0.0580. The van der Waals surface area contributed by atoms with E-state index in [2.05, 4.69) is 23.9 Å². The van der Waals surface area contributed by atoms with Crippen LogP contribution in [0, 0.1) is 0 Å². The van der Waals surface area contributed by atoms with Gasteiger partial charge in [0.15, 0.2) is 0 Å². The van der Waals surface area contributed by atoms with Crippen molar-refractivity contribution in [3.63, 3.8) is 0 Å². The molecule has 0 amide bonds. The molecule has 0 bridgehead atoms. The van der Waals surface area contributed by atoms with Gasteiger partial charge in [0.25, 0.3) is 0 Å². The van der Waals surface area contributed by atoms with Gasteiger partial charge in [0.1, 0.15) is 5.75 Å². The molecule has 1 aromatic carbocycles. The molecule has 1 unspecified atom stereocenters. The van der Waals surface area contributed by atoms with Crippen LogP contribution in [0.5, 0.6) is 5.75 Å². The third kappa shape index (κ3) is 6.94. The van der Waals surface area contributed by atoms with Gasteiger partial charge in [-0.1, -0.05) is 26.2 Å². The van der Waals surface area contributed by atoms with Gasteiger partial charge in [-0.2, -0.15) is 0 Å². The molecule has 0 saturated heterocycles. The van der Waals surface area contributed by atoms with E-state index >= 15 is 0 Å². The van der Waals surface area contributed by atoms with Gasteiger partial charge in [-0.3, -0.25) is 0 Å². The molecule has 0 aliphatic carbocycles. The highest BCUT2D eigenvalue weighted by Crippen LogP contribution is 2.24. The molecule has 0 radical (unpaired) electrons. The van der Waals surface area contributed by atoms with Crippen LogP contribution in [0.4, 0.5) is 18.9 Å².